The molecule has 2 aromatic carbocycles. The number of anilines is 1. The summed E-state index contributed by atoms with van der Waals surface area (Å²) in [7, 11) is 0. The molecular weight excluding hydrogens is 330 g/mol. The van der Waals surface area contributed by atoms with E-state index in [0.29, 0.717) is 0 Å². The van der Waals surface area contributed by atoms with E-state index >= 15 is 0 Å². The number of alkyl halides is 2. The summed E-state index contributed by atoms with van der Waals surface area (Å²) >= 11 is 0. The largest absolute Gasteiger partial charge is 0.433 e. The van der Waals surface area contributed by atoms with Crippen LogP contribution in [0.25, 0.3) is 0 Å². The third-order valence-electron chi connectivity index (χ3n) is 3.35. The lowest BCUT2D eigenvalue weighted by Crippen LogP contribution is -2.29. The lowest BCUT2D eigenvalue weighted by atomic mass is 10.0. The molecule has 0 fully saturated rings. The van der Waals surface area contributed by atoms with Crippen molar-refractivity contribution in [3.8, 4) is 5.75 Å². The molecule has 2 rings (SSSR count). The third kappa shape index (κ3) is 5.87. The van der Waals surface area contributed by atoms with Gasteiger partial charge in [0.1, 0.15) is 5.75 Å². The van der Waals surface area contributed by atoms with E-state index in [9.17, 15) is 18.4 Å². The van der Waals surface area contributed by atoms with Crippen LogP contribution in [0.1, 0.15) is 24.9 Å². The standard InChI is InChI=1S/C18H18F2N2O3/c1-12(23)21-15(13-7-3-2-4-8-13)11-17(24)22-14-9-5-6-10-16(14)25-18(19)20/h2-10,15,18H,11H2,1H3,(H,21,23)(H,22,24). The van der Waals surface area contributed by atoms with Gasteiger partial charge in [-0.3, -0.25) is 9.59 Å². The number of amides is 2. The Labute approximate surface area is 144 Å². The predicted octanol–water partition coefficient (Wildman–Crippen LogP) is 3.49. The molecule has 0 aliphatic heterocycles. The SMILES string of the molecule is CC(=O)NC(CC(=O)Nc1ccccc1OC(F)F)c1ccccc1. The van der Waals surface area contributed by atoms with Crippen LogP contribution < -0.4 is 15.4 Å². The maximum Gasteiger partial charge on any atom is 0.387 e. The van der Waals surface area contributed by atoms with Gasteiger partial charge in [-0.15, -0.1) is 0 Å². The molecule has 2 N–H and O–H groups in total. The predicted molar refractivity (Wildman–Crippen MR) is 89.3 cm³/mol. The number of carbonyl (C=O) groups excluding carboxylic acids is 2. The van der Waals surface area contributed by atoms with Crippen LogP contribution in [0.3, 0.4) is 0 Å². The van der Waals surface area contributed by atoms with Crippen LogP contribution in [-0.4, -0.2) is 18.4 Å². The van der Waals surface area contributed by atoms with Crippen molar-refractivity contribution in [2.75, 3.05) is 5.32 Å². The second-order valence-electron chi connectivity index (χ2n) is 5.29. The van der Waals surface area contributed by atoms with Crippen molar-refractivity contribution in [1.82, 2.24) is 5.32 Å². The highest BCUT2D eigenvalue weighted by Gasteiger charge is 2.18. The van der Waals surface area contributed by atoms with Crippen molar-refractivity contribution in [3.63, 3.8) is 0 Å². The first-order valence-electron chi connectivity index (χ1n) is 7.61. The molecule has 0 saturated heterocycles. The molecule has 5 nitrogen and oxygen atoms in total. The molecule has 2 amide bonds. The minimum atomic E-state index is -2.99. The van der Waals surface area contributed by atoms with Gasteiger partial charge in [-0.1, -0.05) is 42.5 Å². The molecule has 1 unspecified atom stereocenters. The van der Waals surface area contributed by atoms with Crippen LogP contribution in [0.2, 0.25) is 0 Å². The average Bonchev–Trinajstić information content (AvgIpc) is 2.56. The Morgan fingerprint density at radius 2 is 1.68 bits per heavy atom. The van der Waals surface area contributed by atoms with Crippen molar-refractivity contribution in [2.24, 2.45) is 0 Å². The Hall–Kier alpha value is -2.96. The van der Waals surface area contributed by atoms with E-state index in [0.717, 1.165) is 5.56 Å². The summed E-state index contributed by atoms with van der Waals surface area (Å²) in [5.41, 5.74) is 0.910. The molecule has 7 heteroatoms. The first-order chi connectivity index (χ1) is 12.0. The molecule has 0 aliphatic carbocycles. The second-order valence-corrected chi connectivity index (χ2v) is 5.29. The molecule has 0 radical (unpaired) electrons. The lowest BCUT2D eigenvalue weighted by molar-refractivity contribution is -0.120. The first kappa shape index (κ1) is 18.4. The van der Waals surface area contributed by atoms with E-state index in [1.165, 1.54) is 25.1 Å². The van der Waals surface area contributed by atoms with Crippen LogP contribution in [0.5, 0.6) is 5.75 Å². The number of rotatable bonds is 7. The average molecular weight is 348 g/mol. The lowest BCUT2D eigenvalue weighted by Gasteiger charge is -2.18. The molecule has 0 saturated carbocycles. The van der Waals surface area contributed by atoms with Crippen molar-refractivity contribution in [1.29, 1.82) is 0 Å². The molecule has 0 aromatic heterocycles. The molecule has 0 bridgehead atoms. The van der Waals surface area contributed by atoms with E-state index in [1.54, 1.807) is 30.3 Å². The molecule has 0 spiro atoms. The molecule has 0 heterocycles. The normalized spacial score (nSPS) is 11.7. The summed E-state index contributed by atoms with van der Waals surface area (Å²) in [5, 5.41) is 5.25. The minimum absolute atomic E-state index is 0.0490. The molecular formula is C18H18F2N2O3. The van der Waals surface area contributed by atoms with Crippen molar-refractivity contribution in [2.45, 2.75) is 26.0 Å². The van der Waals surface area contributed by atoms with Crippen LogP contribution in [0.4, 0.5) is 14.5 Å². The van der Waals surface area contributed by atoms with Crippen molar-refractivity contribution in [3.05, 3.63) is 60.2 Å². The molecule has 0 aliphatic rings. The van der Waals surface area contributed by atoms with Gasteiger partial charge in [0.15, 0.2) is 0 Å². The maximum absolute atomic E-state index is 12.4. The number of benzene rings is 2. The first-order valence-corrected chi connectivity index (χ1v) is 7.61. The maximum atomic E-state index is 12.4. The van der Waals surface area contributed by atoms with Crippen LogP contribution in [-0.2, 0) is 9.59 Å². The quantitative estimate of drug-likeness (QED) is 0.805. The molecule has 25 heavy (non-hydrogen) atoms. The Bertz CT molecular complexity index is 723. The fourth-order valence-electron chi connectivity index (χ4n) is 2.34. The van der Waals surface area contributed by atoms with Crippen LogP contribution in [0.15, 0.2) is 54.6 Å². The highest BCUT2D eigenvalue weighted by Crippen LogP contribution is 2.26. The summed E-state index contributed by atoms with van der Waals surface area (Å²) in [6, 6.07) is 14.4. The Kier molecular flexibility index (Phi) is 6.45. The van der Waals surface area contributed by atoms with Gasteiger partial charge in [-0.05, 0) is 17.7 Å². The van der Waals surface area contributed by atoms with Gasteiger partial charge < -0.3 is 15.4 Å². The van der Waals surface area contributed by atoms with Gasteiger partial charge in [0.25, 0.3) is 0 Å². The van der Waals surface area contributed by atoms with E-state index in [1.807, 2.05) is 6.07 Å². The van der Waals surface area contributed by atoms with Crippen LogP contribution in [0, 0.1) is 0 Å². The zero-order valence-corrected chi connectivity index (χ0v) is 13.5. The van der Waals surface area contributed by atoms with E-state index < -0.39 is 18.6 Å². The number of para-hydroxylation sites is 2. The summed E-state index contributed by atoms with van der Waals surface area (Å²) < 4.78 is 29.2. The van der Waals surface area contributed by atoms with E-state index in [4.69, 9.17) is 0 Å². The number of halogens is 2. The van der Waals surface area contributed by atoms with Gasteiger partial charge in [0.2, 0.25) is 11.8 Å². The van der Waals surface area contributed by atoms with Gasteiger partial charge >= 0.3 is 6.61 Å². The highest BCUT2D eigenvalue weighted by atomic mass is 19.3. The highest BCUT2D eigenvalue weighted by molar-refractivity contribution is 5.93. The van der Waals surface area contributed by atoms with Crippen LogP contribution >= 0.6 is 0 Å². The second kappa shape index (κ2) is 8.77. The summed E-state index contributed by atoms with van der Waals surface area (Å²) in [6.07, 6.45) is -0.0490. The van der Waals surface area contributed by atoms with Crippen molar-refractivity contribution < 1.29 is 23.1 Å². The van der Waals surface area contributed by atoms with Gasteiger partial charge in [-0.2, -0.15) is 8.78 Å². The van der Waals surface area contributed by atoms with E-state index in [-0.39, 0.29) is 23.8 Å². The number of hydrogen-bond acceptors (Lipinski definition) is 3. The molecule has 2 aromatic rings. The number of nitrogens with one attached hydrogen (secondary N) is 2. The van der Waals surface area contributed by atoms with Crippen molar-refractivity contribution >= 4 is 17.5 Å². The minimum Gasteiger partial charge on any atom is -0.433 e. The van der Waals surface area contributed by atoms with Gasteiger partial charge in [-0.25, -0.2) is 0 Å². The monoisotopic (exact) mass is 348 g/mol. The zero-order valence-electron chi connectivity index (χ0n) is 13.5. The number of carbonyl (C=O) groups is 2. The molecule has 132 valence electrons. The Morgan fingerprint density at radius 1 is 1.04 bits per heavy atom. The number of ether oxygens (including phenoxy) is 1. The summed E-state index contributed by atoms with van der Waals surface area (Å²) in [4.78, 5) is 23.7. The Morgan fingerprint density at radius 3 is 2.32 bits per heavy atom. The zero-order chi connectivity index (χ0) is 18.2. The fourth-order valence-corrected chi connectivity index (χ4v) is 2.34. The summed E-state index contributed by atoms with van der Waals surface area (Å²) in [6.45, 7) is -1.63. The summed E-state index contributed by atoms with van der Waals surface area (Å²) in [5.74, 6) is -0.836. The van der Waals surface area contributed by atoms with E-state index in [2.05, 4.69) is 15.4 Å². The van der Waals surface area contributed by atoms with Gasteiger partial charge in [0, 0.05) is 6.92 Å². The topological polar surface area (TPSA) is 67.4 Å². The number of hydrogen-bond donors (Lipinski definition) is 2. The fraction of sp³-hybridized carbons (Fsp3) is 0.222. The smallest absolute Gasteiger partial charge is 0.387 e. The third-order valence-corrected chi connectivity index (χ3v) is 3.35. The Balaban J connectivity index is 2.10. The van der Waals surface area contributed by atoms with Gasteiger partial charge in [0.05, 0.1) is 18.2 Å². The molecule has 1 atom stereocenters.